The van der Waals surface area contributed by atoms with Crippen LogP contribution in [-0.2, 0) is 10.5 Å². The van der Waals surface area contributed by atoms with Gasteiger partial charge in [-0.05, 0) is 64.9 Å². The molecule has 120 valence electrons. The number of thioether (sulfide) groups is 1. The van der Waals surface area contributed by atoms with Gasteiger partial charge >= 0.3 is 0 Å². The van der Waals surface area contributed by atoms with E-state index in [-0.39, 0.29) is 5.91 Å². The number of rotatable bonds is 6. The highest BCUT2D eigenvalue weighted by Gasteiger charge is 2.03. The molecular formula is C17H16ClIN2OS. The Morgan fingerprint density at radius 2 is 1.83 bits per heavy atom. The van der Waals surface area contributed by atoms with Gasteiger partial charge in [-0.25, -0.2) is 5.43 Å². The third-order valence-corrected chi connectivity index (χ3v) is 5.00. The minimum atomic E-state index is -0.103. The van der Waals surface area contributed by atoms with Crippen molar-refractivity contribution in [3.8, 4) is 0 Å². The number of carbonyl (C=O) groups excluding carboxylic acids is 1. The molecule has 0 aromatic heterocycles. The van der Waals surface area contributed by atoms with E-state index in [4.69, 9.17) is 11.6 Å². The van der Waals surface area contributed by atoms with Gasteiger partial charge in [0.1, 0.15) is 0 Å². The van der Waals surface area contributed by atoms with Crippen molar-refractivity contribution in [3.63, 3.8) is 0 Å². The van der Waals surface area contributed by atoms with Crippen LogP contribution in [-0.4, -0.2) is 17.4 Å². The quantitative estimate of drug-likeness (QED) is 0.387. The molecule has 2 aromatic carbocycles. The molecular weight excluding hydrogens is 443 g/mol. The zero-order valence-electron chi connectivity index (χ0n) is 12.6. The molecule has 3 nitrogen and oxygen atoms in total. The molecule has 0 bridgehead atoms. The van der Waals surface area contributed by atoms with Gasteiger partial charge in [-0.15, -0.1) is 11.8 Å². The van der Waals surface area contributed by atoms with Crippen LogP contribution < -0.4 is 5.43 Å². The molecule has 2 rings (SSSR count). The lowest BCUT2D eigenvalue weighted by Gasteiger charge is -2.04. The maximum Gasteiger partial charge on any atom is 0.250 e. The Morgan fingerprint density at radius 3 is 2.48 bits per heavy atom. The van der Waals surface area contributed by atoms with Crippen molar-refractivity contribution in [1.82, 2.24) is 5.43 Å². The Bertz CT molecular complexity index is 687. The number of nitrogens with zero attached hydrogens (tertiary/aromatic N) is 1. The Hall–Kier alpha value is -1.05. The Kier molecular flexibility index (Phi) is 7.39. The van der Waals surface area contributed by atoms with Crippen LogP contribution in [0.4, 0.5) is 0 Å². The van der Waals surface area contributed by atoms with Gasteiger partial charge in [0.05, 0.1) is 11.5 Å². The number of nitrogens with one attached hydrogen (secondary N) is 1. The molecule has 0 saturated heterocycles. The molecule has 0 aliphatic carbocycles. The average molecular weight is 459 g/mol. The first-order valence-electron chi connectivity index (χ1n) is 6.96. The predicted octanol–water partition coefficient (Wildman–Crippen LogP) is 4.72. The third kappa shape index (κ3) is 6.53. The number of hydrogen-bond acceptors (Lipinski definition) is 3. The Labute approximate surface area is 159 Å². The molecule has 0 aliphatic rings. The highest BCUT2D eigenvalue weighted by Crippen LogP contribution is 2.15. The standard InChI is InChI=1S/C17H16ClIN2OS/c1-12(14-4-8-16(19)9-5-14)20-21-17(22)11-23-10-13-2-6-15(18)7-3-13/h2-9H,10-11H2,1H3,(H,21,22)/b20-12-. The summed E-state index contributed by atoms with van der Waals surface area (Å²) in [6.45, 7) is 1.88. The summed E-state index contributed by atoms with van der Waals surface area (Å²) in [6.07, 6.45) is 0. The largest absolute Gasteiger partial charge is 0.272 e. The molecule has 0 atom stereocenters. The fourth-order valence-electron chi connectivity index (χ4n) is 1.78. The van der Waals surface area contributed by atoms with E-state index in [1.54, 1.807) is 11.8 Å². The first-order chi connectivity index (χ1) is 11.0. The van der Waals surface area contributed by atoms with E-state index in [9.17, 15) is 4.79 Å². The molecule has 0 radical (unpaired) electrons. The first kappa shape index (κ1) is 18.3. The van der Waals surface area contributed by atoms with Crippen LogP contribution in [0, 0.1) is 3.57 Å². The lowest BCUT2D eigenvalue weighted by atomic mass is 10.1. The molecule has 0 spiro atoms. The Morgan fingerprint density at radius 1 is 1.17 bits per heavy atom. The molecule has 1 amide bonds. The monoisotopic (exact) mass is 458 g/mol. The van der Waals surface area contributed by atoms with Gasteiger partial charge in [0, 0.05) is 14.3 Å². The average Bonchev–Trinajstić information content (AvgIpc) is 2.55. The minimum absolute atomic E-state index is 0.103. The molecule has 2 aromatic rings. The molecule has 0 saturated carbocycles. The minimum Gasteiger partial charge on any atom is -0.272 e. The van der Waals surface area contributed by atoms with Gasteiger partial charge < -0.3 is 0 Å². The summed E-state index contributed by atoms with van der Waals surface area (Å²) in [5.41, 5.74) is 5.53. The summed E-state index contributed by atoms with van der Waals surface area (Å²) in [5, 5.41) is 4.86. The van der Waals surface area contributed by atoms with Gasteiger partial charge in [-0.3, -0.25) is 4.79 Å². The van der Waals surface area contributed by atoms with E-state index in [1.807, 2.05) is 55.5 Å². The maximum atomic E-state index is 11.8. The van der Waals surface area contributed by atoms with E-state index in [0.717, 1.165) is 27.6 Å². The van der Waals surface area contributed by atoms with Crippen LogP contribution in [0.1, 0.15) is 18.1 Å². The van der Waals surface area contributed by atoms with Crippen LogP contribution in [0.15, 0.2) is 53.6 Å². The highest BCUT2D eigenvalue weighted by atomic mass is 127. The van der Waals surface area contributed by atoms with Crippen LogP contribution >= 0.6 is 46.0 Å². The second kappa shape index (κ2) is 9.30. The van der Waals surface area contributed by atoms with Gasteiger partial charge in [0.15, 0.2) is 0 Å². The SMILES string of the molecule is C/C(=N/NC(=O)CSCc1ccc(Cl)cc1)c1ccc(I)cc1. The number of hydrazone groups is 1. The van der Waals surface area contributed by atoms with Gasteiger partial charge in [0.25, 0.3) is 0 Å². The number of benzene rings is 2. The van der Waals surface area contributed by atoms with Crippen LogP contribution in [0.2, 0.25) is 5.02 Å². The van der Waals surface area contributed by atoms with Crippen molar-refractivity contribution in [1.29, 1.82) is 0 Å². The summed E-state index contributed by atoms with van der Waals surface area (Å²) in [5.74, 6) is 1.03. The zero-order valence-corrected chi connectivity index (χ0v) is 16.3. The molecule has 0 unspecified atom stereocenters. The number of hydrogen-bond donors (Lipinski definition) is 1. The van der Waals surface area contributed by atoms with Crippen LogP contribution in [0.3, 0.4) is 0 Å². The second-order valence-electron chi connectivity index (χ2n) is 4.86. The van der Waals surface area contributed by atoms with Crippen molar-refractivity contribution in [2.45, 2.75) is 12.7 Å². The van der Waals surface area contributed by atoms with Crippen LogP contribution in [0.25, 0.3) is 0 Å². The van der Waals surface area contributed by atoms with E-state index >= 15 is 0 Å². The van der Waals surface area contributed by atoms with Crippen molar-refractivity contribution in [2.24, 2.45) is 5.10 Å². The fraction of sp³-hybridized carbons (Fsp3) is 0.176. The van der Waals surface area contributed by atoms with Gasteiger partial charge in [0.2, 0.25) is 5.91 Å². The van der Waals surface area contributed by atoms with E-state index in [1.165, 1.54) is 3.57 Å². The van der Waals surface area contributed by atoms with E-state index in [0.29, 0.717) is 5.75 Å². The summed E-state index contributed by atoms with van der Waals surface area (Å²) in [6, 6.07) is 15.6. The van der Waals surface area contributed by atoms with Crippen molar-refractivity contribution < 1.29 is 4.79 Å². The van der Waals surface area contributed by atoms with Crippen molar-refractivity contribution in [3.05, 3.63) is 68.3 Å². The lowest BCUT2D eigenvalue weighted by Crippen LogP contribution is -2.21. The zero-order chi connectivity index (χ0) is 16.7. The van der Waals surface area contributed by atoms with Crippen molar-refractivity contribution in [2.75, 3.05) is 5.75 Å². The topological polar surface area (TPSA) is 41.5 Å². The first-order valence-corrected chi connectivity index (χ1v) is 9.57. The molecule has 0 fully saturated rings. The van der Waals surface area contributed by atoms with Crippen LogP contribution in [0.5, 0.6) is 0 Å². The number of halogens is 2. The van der Waals surface area contributed by atoms with Crippen molar-refractivity contribution >= 4 is 57.6 Å². The molecule has 1 N–H and O–H groups in total. The summed E-state index contributed by atoms with van der Waals surface area (Å²) >= 11 is 9.64. The second-order valence-corrected chi connectivity index (χ2v) is 7.53. The highest BCUT2D eigenvalue weighted by molar-refractivity contribution is 14.1. The fourth-order valence-corrected chi connectivity index (χ4v) is 3.04. The normalized spacial score (nSPS) is 11.3. The smallest absolute Gasteiger partial charge is 0.250 e. The summed E-state index contributed by atoms with van der Waals surface area (Å²) < 4.78 is 1.17. The Balaban J connectivity index is 1.77. The lowest BCUT2D eigenvalue weighted by molar-refractivity contribution is -0.118. The number of amides is 1. The van der Waals surface area contributed by atoms with E-state index in [2.05, 4.69) is 33.1 Å². The number of carbonyl (C=O) groups is 1. The van der Waals surface area contributed by atoms with Gasteiger partial charge in [-0.2, -0.15) is 5.10 Å². The maximum absolute atomic E-state index is 11.8. The molecule has 6 heteroatoms. The van der Waals surface area contributed by atoms with E-state index < -0.39 is 0 Å². The third-order valence-electron chi connectivity index (χ3n) is 3.03. The molecule has 23 heavy (non-hydrogen) atoms. The molecule has 0 heterocycles. The summed E-state index contributed by atoms with van der Waals surface area (Å²) in [4.78, 5) is 11.8. The molecule has 0 aliphatic heterocycles. The summed E-state index contributed by atoms with van der Waals surface area (Å²) in [7, 11) is 0. The van der Waals surface area contributed by atoms with Gasteiger partial charge in [-0.1, -0.05) is 35.9 Å². The predicted molar refractivity (Wildman–Crippen MR) is 107 cm³/mol.